The van der Waals surface area contributed by atoms with Crippen LogP contribution in [0.1, 0.15) is 43.7 Å². The highest BCUT2D eigenvalue weighted by molar-refractivity contribution is 5.31. The summed E-state index contributed by atoms with van der Waals surface area (Å²) in [4.78, 5) is 16.3. The van der Waals surface area contributed by atoms with E-state index in [1.807, 2.05) is 43.6 Å². The second-order valence-electron chi connectivity index (χ2n) is 9.39. The molecule has 2 fully saturated rings. The fourth-order valence-corrected chi connectivity index (χ4v) is 4.56. The highest BCUT2D eigenvalue weighted by atomic mass is 16.5. The molecule has 1 atom stereocenters. The van der Waals surface area contributed by atoms with Gasteiger partial charge in [0.15, 0.2) is 0 Å². The first-order chi connectivity index (χ1) is 16.1. The number of anilines is 1. The molecule has 1 saturated heterocycles. The van der Waals surface area contributed by atoms with Crippen molar-refractivity contribution in [2.24, 2.45) is 0 Å². The van der Waals surface area contributed by atoms with E-state index in [0.717, 1.165) is 75.4 Å². The fourth-order valence-electron chi connectivity index (χ4n) is 4.56. The molecule has 0 radical (unpaired) electrons. The highest BCUT2D eigenvalue weighted by Gasteiger charge is 2.28. The molecule has 1 aromatic carbocycles. The zero-order valence-corrected chi connectivity index (χ0v) is 20.2. The standard InChI is InChI=1S/C26H39N5O2/c1-3-12-30(25(32)20-33-24-9-7-21(2)8-10-24)13-11-22-18-27-26(28-19-22)31-16-14-29(15-17-31)23-5-4-6-23/h7-10,18-19,23,25,32H,3-6,11-17,20H2,1-2H3. The van der Waals surface area contributed by atoms with Gasteiger partial charge in [0.05, 0.1) is 0 Å². The molecule has 0 bridgehead atoms. The van der Waals surface area contributed by atoms with Gasteiger partial charge in [0.25, 0.3) is 0 Å². The summed E-state index contributed by atoms with van der Waals surface area (Å²) in [5.41, 5.74) is 2.29. The summed E-state index contributed by atoms with van der Waals surface area (Å²) in [5.74, 6) is 1.62. The molecule has 1 saturated carbocycles. The molecule has 7 nitrogen and oxygen atoms in total. The number of aromatic nitrogens is 2. The van der Waals surface area contributed by atoms with E-state index in [0.29, 0.717) is 0 Å². The summed E-state index contributed by atoms with van der Waals surface area (Å²) in [5, 5.41) is 10.7. The van der Waals surface area contributed by atoms with Gasteiger partial charge >= 0.3 is 0 Å². The number of piperazine rings is 1. The Morgan fingerprint density at radius 2 is 1.76 bits per heavy atom. The smallest absolute Gasteiger partial charge is 0.225 e. The molecular formula is C26H39N5O2. The van der Waals surface area contributed by atoms with Crippen molar-refractivity contribution < 1.29 is 9.84 Å². The molecule has 0 amide bonds. The average molecular weight is 454 g/mol. The first-order valence-electron chi connectivity index (χ1n) is 12.5. The molecule has 7 heteroatoms. The molecular weight excluding hydrogens is 414 g/mol. The number of aliphatic hydroxyl groups excluding tert-OH is 1. The lowest BCUT2D eigenvalue weighted by Crippen LogP contribution is -2.52. The Bertz CT molecular complexity index is 833. The van der Waals surface area contributed by atoms with Gasteiger partial charge in [-0.25, -0.2) is 9.97 Å². The largest absolute Gasteiger partial charge is 0.489 e. The van der Waals surface area contributed by atoms with Gasteiger partial charge in [-0.05, 0) is 50.3 Å². The zero-order chi connectivity index (χ0) is 23.0. The van der Waals surface area contributed by atoms with Crippen molar-refractivity contribution in [3.05, 3.63) is 47.8 Å². The minimum Gasteiger partial charge on any atom is -0.489 e. The van der Waals surface area contributed by atoms with Crippen molar-refractivity contribution in [1.29, 1.82) is 0 Å². The van der Waals surface area contributed by atoms with Crippen LogP contribution in [0.3, 0.4) is 0 Å². The molecule has 180 valence electrons. The van der Waals surface area contributed by atoms with Gasteiger partial charge in [-0.3, -0.25) is 9.80 Å². The van der Waals surface area contributed by atoms with E-state index >= 15 is 0 Å². The summed E-state index contributed by atoms with van der Waals surface area (Å²) < 4.78 is 5.79. The third kappa shape index (κ3) is 6.65. The van der Waals surface area contributed by atoms with Gasteiger partial charge in [-0.2, -0.15) is 0 Å². The fraction of sp³-hybridized carbons (Fsp3) is 0.615. The topological polar surface area (TPSA) is 65.0 Å². The van der Waals surface area contributed by atoms with Crippen LogP contribution in [0.2, 0.25) is 0 Å². The second kappa shape index (κ2) is 11.8. The van der Waals surface area contributed by atoms with Crippen molar-refractivity contribution in [2.45, 2.75) is 58.2 Å². The van der Waals surface area contributed by atoms with Crippen molar-refractivity contribution in [2.75, 3.05) is 50.8 Å². The third-order valence-electron chi connectivity index (χ3n) is 6.92. The molecule has 1 aliphatic heterocycles. The van der Waals surface area contributed by atoms with Crippen LogP contribution in [0.4, 0.5) is 5.95 Å². The predicted molar refractivity (Wildman–Crippen MR) is 132 cm³/mol. The van der Waals surface area contributed by atoms with Gasteiger partial charge in [0, 0.05) is 57.7 Å². The maximum atomic E-state index is 10.7. The van der Waals surface area contributed by atoms with E-state index in [4.69, 9.17) is 4.74 Å². The zero-order valence-electron chi connectivity index (χ0n) is 20.2. The van der Waals surface area contributed by atoms with Crippen LogP contribution < -0.4 is 9.64 Å². The third-order valence-corrected chi connectivity index (χ3v) is 6.92. The van der Waals surface area contributed by atoms with E-state index in [1.54, 1.807) is 0 Å². The number of ether oxygens (including phenoxy) is 1. The first-order valence-corrected chi connectivity index (χ1v) is 12.5. The molecule has 1 aromatic heterocycles. The molecule has 0 spiro atoms. The lowest BCUT2D eigenvalue weighted by Gasteiger charge is -2.42. The summed E-state index contributed by atoms with van der Waals surface area (Å²) in [7, 11) is 0. The monoisotopic (exact) mass is 453 g/mol. The van der Waals surface area contributed by atoms with Gasteiger partial charge in [-0.15, -0.1) is 0 Å². The minimum absolute atomic E-state index is 0.255. The van der Waals surface area contributed by atoms with E-state index in [2.05, 4.69) is 31.6 Å². The Labute approximate surface area is 198 Å². The lowest BCUT2D eigenvalue weighted by atomic mass is 9.91. The molecule has 2 heterocycles. The summed E-state index contributed by atoms with van der Waals surface area (Å²) in [6.45, 7) is 10.2. The molecule has 33 heavy (non-hydrogen) atoms. The molecule has 2 aromatic rings. The van der Waals surface area contributed by atoms with Crippen LogP contribution in [0.15, 0.2) is 36.7 Å². The number of hydrogen-bond donors (Lipinski definition) is 1. The van der Waals surface area contributed by atoms with Gasteiger partial charge < -0.3 is 14.7 Å². The summed E-state index contributed by atoms with van der Waals surface area (Å²) in [6.07, 6.45) is 9.15. The van der Waals surface area contributed by atoms with Crippen molar-refractivity contribution in [3.63, 3.8) is 0 Å². The van der Waals surface area contributed by atoms with Crippen LogP contribution in [-0.4, -0.2) is 83.0 Å². The Kier molecular flexibility index (Phi) is 8.53. The van der Waals surface area contributed by atoms with Gasteiger partial charge in [0.2, 0.25) is 5.95 Å². The molecule has 4 rings (SSSR count). The molecule has 1 aliphatic carbocycles. The summed E-state index contributed by atoms with van der Waals surface area (Å²) in [6, 6.07) is 8.74. The van der Waals surface area contributed by atoms with E-state index in [-0.39, 0.29) is 6.61 Å². The Balaban J connectivity index is 1.23. The number of aryl methyl sites for hydroxylation is 1. The Morgan fingerprint density at radius 3 is 2.36 bits per heavy atom. The van der Waals surface area contributed by atoms with Crippen molar-refractivity contribution in [1.82, 2.24) is 19.8 Å². The molecule has 1 N–H and O–H groups in total. The van der Waals surface area contributed by atoms with Crippen LogP contribution >= 0.6 is 0 Å². The number of hydrogen-bond acceptors (Lipinski definition) is 7. The van der Waals surface area contributed by atoms with E-state index in [1.165, 1.54) is 24.8 Å². The Morgan fingerprint density at radius 1 is 1.06 bits per heavy atom. The van der Waals surface area contributed by atoms with E-state index in [9.17, 15) is 5.11 Å². The molecule has 2 aliphatic rings. The number of aliphatic hydroxyl groups is 1. The van der Waals surface area contributed by atoms with Crippen LogP contribution in [0, 0.1) is 6.92 Å². The van der Waals surface area contributed by atoms with Gasteiger partial charge in [-0.1, -0.05) is 31.0 Å². The van der Waals surface area contributed by atoms with E-state index < -0.39 is 6.23 Å². The number of benzene rings is 1. The number of rotatable bonds is 11. The number of nitrogens with zero attached hydrogens (tertiary/aromatic N) is 5. The Hall–Kier alpha value is -2.22. The maximum Gasteiger partial charge on any atom is 0.225 e. The van der Waals surface area contributed by atoms with Crippen LogP contribution in [-0.2, 0) is 6.42 Å². The van der Waals surface area contributed by atoms with Gasteiger partial charge in [0.1, 0.15) is 18.6 Å². The van der Waals surface area contributed by atoms with Crippen LogP contribution in [0.5, 0.6) is 5.75 Å². The predicted octanol–water partition coefficient (Wildman–Crippen LogP) is 3.11. The highest BCUT2D eigenvalue weighted by Crippen LogP contribution is 2.26. The minimum atomic E-state index is -0.640. The normalized spacial score (nSPS) is 18.4. The lowest BCUT2D eigenvalue weighted by molar-refractivity contribution is -0.0271. The first kappa shape index (κ1) is 23.9. The van der Waals surface area contributed by atoms with Crippen LogP contribution in [0.25, 0.3) is 0 Å². The maximum absolute atomic E-state index is 10.7. The molecule has 1 unspecified atom stereocenters. The quantitative estimate of drug-likeness (QED) is 0.525. The average Bonchev–Trinajstić information content (AvgIpc) is 2.81. The summed E-state index contributed by atoms with van der Waals surface area (Å²) >= 11 is 0. The second-order valence-corrected chi connectivity index (χ2v) is 9.39. The SMILES string of the molecule is CCCN(CCc1cnc(N2CCN(C3CCC3)CC2)nc1)C(O)COc1ccc(C)cc1. The van der Waals surface area contributed by atoms with Crippen molar-refractivity contribution in [3.8, 4) is 5.75 Å². The van der Waals surface area contributed by atoms with Crippen molar-refractivity contribution >= 4 is 5.95 Å².